The highest BCUT2D eigenvalue weighted by Crippen LogP contribution is 2.44. The molecule has 0 saturated carbocycles. The third-order valence-corrected chi connectivity index (χ3v) is 4.16. The molecule has 146 valence electrons. The van der Waals surface area contributed by atoms with Gasteiger partial charge in [0.15, 0.2) is 0 Å². The molecule has 0 atom stereocenters. The zero-order valence-corrected chi connectivity index (χ0v) is 16.3. The van der Waals surface area contributed by atoms with E-state index in [0.29, 0.717) is 5.57 Å². The van der Waals surface area contributed by atoms with Crippen molar-refractivity contribution >= 4 is 13.8 Å². The molecular formula is C20H25O6P. The third kappa shape index (κ3) is 10.2. The number of carboxylic acids is 1. The second-order valence-electron chi connectivity index (χ2n) is 5.61. The normalized spacial score (nSPS) is 11.1. The van der Waals surface area contributed by atoms with Gasteiger partial charge in [-0.15, -0.1) is 0 Å². The Morgan fingerprint density at radius 1 is 1.00 bits per heavy atom. The van der Waals surface area contributed by atoms with Crippen LogP contribution >= 0.6 is 7.82 Å². The van der Waals surface area contributed by atoms with E-state index < -0.39 is 13.8 Å². The number of phosphoric acid groups is 1. The molecule has 2 aromatic carbocycles. The molecule has 0 spiro atoms. The summed E-state index contributed by atoms with van der Waals surface area (Å²) in [5.74, 6) is -0.236. The Labute approximate surface area is 159 Å². The van der Waals surface area contributed by atoms with Gasteiger partial charge in [0.2, 0.25) is 0 Å². The molecule has 0 heterocycles. The van der Waals surface area contributed by atoms with Crippen LogP contribution in [0, 0.1) is 0 Å². The molecule has 7 heteroatoms. The van der Waals surface area contributed by atoms with Crippen LogP contribution in [0.5, 0.6) is 11.5 Å². The standard InChI is InChI=1S/C12H11O4P.C8H14O2/c13-17(14,15-11-7-3-1-4-8-11)16-12-9-5-2-6-10-12;1-3-4-5-6-7(2)8(9)10/h1-10H,(H,13,14);6H,3-5H2,1-2H3,(H,9,10). The van der Waals surface area contributed by atoms with Crippen LogP contribution in [0.2, 0.25) is 0 Å². The zero-order chi connectivity index (χ0) is 20.1. The van der Waals surface area contributed by atoms with E-state index in [1.54, 1.807) is 73.7 Å². The summed E-state index contributed by atoms with van der Waals surface area (Å²) >= 11 is 0. The van der Waals surface area contributed by atoms with Crippen molar-refractivity contribution in [3.8, 4) is 11.5 Å². The lowest BCUT2D eigenvalue weighted by Gasteiger charge is -2.13. The van der Waals surface area contributed by atoms with Crippen LogP contribution in [0.1, 0.15) is 33.1 Å². The number of hydrogen-bond donors (Lipinski definition) is 2. The molecule has 6 nitrogen and oxygen atoms in total. The van der Waals surface area contributed by atoms with Crippen molar-refractivity contribution in [1.29, 1.82) is 0 Å². The Bertz CT molecular complexity index is 713. The first-order valence-electron chi connectivity index (χ1n) is 8.56. The zero-order valence-electron chi connectivity index (χ0n) is 15.4. The van der Waals surface area contributed by atoms with Crippen molar-refractivity contribution < 1.29 is 28.4 Å². The fourth-order valence-corrected chi connectivity index (χ4v) is 2.67. The Kier molecular flexibility index (Phi) is 9.94. The number of benzene rings is 2. The smallest absolute Gasteiger partial charge is 0.478 e. The summed E-state index contributed by atoms with van der Waals surface area (Å²) in [4.78, 5) is 19.8. The lowest BCUT2D eigenvalue weighted by atomic mass is 10.2. The highest BCUT2D eigenvalue weighted by atomic mass is 31.2. The number of hydrogen-bond acceptors (Lipinski definition) is 4. The molecule has 0 radical (unpaired) electrons. The summed E-state index contributed by atoms with van der Waals surface area (Å²) in [7, 11) is -4.14. The van der Waals surface area contributed by atoms with E-state index in [9.17, 15) is 14.3 Å². The van der Waals surface area contributed by atoms with Crippen LogP contribution in [0.15, 0.2) is 72.3 Å². The van der Waals surface area contributed by atoms with Crippen molar-refractivity contribution in [2.45, 2.75) is 33.1 Å². The Hall–Kier alpha value is -2.56. The SMILES string of the molecule is CCCCC=C(C)C(=O)O.O=P(O)(Oc1ccccc1)Oc1ccccc1. The van der Waals surface area contributed by atoms with Crippen LogP contribution in [-0.4, -0.2) is 16.0 Å². The van der Waals surface area contributed by atoms with E-state index in [0.717, 1.165) is 19.3 Å². The lowest BCUT2D eigenvalue weighted by Crippen LogP contribution is -1.99. The van der Waals surface area contributed by atoms with Crippen LogP contribution in [0.3, 0.4) is 0 Å². The highest BCUT2D eigenvalue weighted by molar-refractivity contribution is 7.48. The van der Waals surface area contributed by atoms with Gasteiger partial charge in [0.1, 0.15) is 11.5 Å². The maximum absolute atomic E-state index is 11.7. The molecule has 0 aliphatic rings. The molecule has 27 heavy (non-hydrogen) atoms. The van der Waals surface area contributed by atoms with Crippen LogP contribution in [0.25, 0.3) is 0 Å². The molecule has 0 aliphatic carbocycles. The van der Waals surface area contributed by atoms with E-state index in [2.05, 4.69) is 6.92 Å². The van der Waals surface area contributed by atoms with Crippen molar-refractivity contribution in [2.75, 3.05) is 0 Å². The summed E-state index contributed by atoms with van der Waals surface area (Å²) in [6.45, 7) is 3.71. The van der Waals surface area contributed by atoms with Crippen LogP contribution in [0.4, 0.5) is 0 Å². The lowest BCUT2D eigenvalue weighted by molar-refractivity contribution is -0.132. The van der Waals surface area contributed by atoms with Gasteiger partial charge in [0, 0.05) is 5.57 Å². The van der Waals surface area contributed by atoms with Crippen LogP contribution < -0.4 is 9.05 Å². The van der Waals surface area contributed by atoms with Gasteiger partial charge in [-0.25, -0.2) is 9.36 Å². The van der Waals surface area contributed by atoms with Gasteiger partial charge in [-0.05, 0) is 37.6 Å². The average Bonchev–Trinajstić information content (AvgIpc) is 2.63. The number of unbranched alkanes of at least 4 members (excludes halogenated alkanes) is 2. The first-order valence-corrected chi connectivity index (χ1v) is 10.1. The van der Waals surface area contributed by atoms with E-state index >= 15 is 0 Å². The van der Waals surface area contributed by atoms with Gasteiger partial charge in [-0.2, -0.15) is 0 Å². The molecule has 0 bridgehead atoms. The number of carbonyl (C=O) groups is 1. The van der Waals surface area contributed by atoms with E-state index in [1.165, 1.54) is 0 Å². The minimum atomic E-state index is -4.14. The number of allylic oxidation sites excluding steroid dienone is 1. The molecule has 0 fully saturated rings. The fraction of sp³-hybridized carbons (Fsp3) is 0.250. The van der Waals surface area contributed by atoms with Gasteiger partial charge in [-0.1, -0.05) is 62.2 Å². The number of aliphatic carboxylic acids is 1. The summed E-state index contributed by atoms with van der Waals surface area (Å²) in [6, 6.07) is 16.7. The molecule has 2 rings (SSSR count). The molecule has 2 N–H and O–H groups in total. The van der Waals surface area contributed by atoms with Gasteiger partial charge in [-0.3, -0.25) is 4.89 Å². The minimum absolute atomic E-state index is 0.286. The molecule has 2 aromatic rings. The monoisotopic (exact) mass is 392 g/mol. The van der Waals surface area contributed by atoms with Crippen molar-refractivity contribution in [3.63, 3.8) is 0 Å². The third-order valence-electron chi connectivity index (χ3n) is 3.27. The fourth-order valence-electron chi connectivity index (χ4n) is 1.86. The quantitative estimate of drug-likeness (QED) is 0.352. The van der Waals surface area contributed by atoms with Crippen LogP contribution in [-0.2, 0) is 9.36 Å². The minimum Gasteiger partial charge on any atom is -0.478 e. The van der Waals surface area contributed by atoms with E-state index in [4.69, 9.17) is 14.2 Å². The Morgan fingerprint density at radius 3 is 1.81 bits per heavy atom. The molecule has 0 aromatic heterocycles. The van der Waals surface area contributed by atoms with Gasteiger partial charge in [0.25, 0.3) is 0 Å². The topological polar surface area (TPSA) is 93.1 Å². The Morgan fingerprint density at radius 2 is 1.44 bits per heavy atom. The number of phosphoric ester groups is 1. The number of rotatable bonds is 8. The van der Waals surface area contributed by atoms with Crippen molar-refractivity contribution in [1.82, 2.24) is 0 Å². The number of para-hydroxylation sites is 2. The molecular weight excluding hydrogens is 367 g/mol. The maximum atomic E-state index is 11.7. The summed E-state index contributed by atoms with van der Waals surface area (Å²) in [6.07, 6.45) is 4.84. The summed E-state index contributed by atoms with van der Waals surface area (Å²) in [5, 5.41) is 8.41. The number of carboxylic acid groups (broad SMARTS) is 1. The average molecular weight is 392 g/mol. The first kappa shape index (κ1) is 22.5. The van der Waals surface area contributed by atoms with E-state index in [-0.39, 0.29) is 11.5 Å². The summed E-state index contributed by atoms with van der Waals surface area (Å²) in [5.41, 5.74) is 0.452. The second-order valence-corrected chi connectivity index (χ2v) is 6.91. The molecule has 0 saturated heterocycles. The van der Waals surface area contributed by atoms with Gasteiger partial charge >= 0.3 is 13.8 Å². The van der Waals surface area contributed by atoms with Crippen molar-refractivity contribution in [3.05, 3.63) is 72.3 Å². The highest BCUT2D eigenvalue weighted by Gasteiger charge is 2.24. The predicted octanol–water partition coefficient (Wildman–Crippen LogP) is 5.45. The predicted molar refractivity (Wildman–Crippen MR) is 105 cm³/mol. The van der Waals surface area contributed by atoms with Gasteiger partial charge in [0.05, 0.1) is 0 Å². The molecule has 0 amide bonds. The maximum Gasteiger partial charge on any atom is 0.584 e. The van der Waals surface area contributed by atoms with Gasteiger partial charge < -0.3 is 14.2 Å². The van der Waals surface area contributed by atoms with Crippen molar-refractivity contribution in [2.24, 2.45) is 0 Å². The second kappa shape index (κ2) is 11.9. The largest absolute Gasteiger partial charge is 0.584 e. The summed E-state index contributed by atoms with van der Waals surface area (Å²) < 4.78 is 21.5. The first-order chi connectivity index (χ1) is 12.8. The van der Waals surface area contributed by atoms with E-state index in [1.807, 2.05) is 0 Å². The molecule has 0 unspecified atom stereocenters. The molecule has 0 aliphatic heterocycles. The Balaban J connectivity index is 0.000000314.